The molecule has 4 nitrogen and oxygen atoms in total. The summed E-state index contributed by atoms with van der Waals surface area (Å²) >= 11 is 0. The number of furan rings is 1. The lowest BCUT2D eigenvalue weighted by molar-refractivity contribution is -0.145. The zero-order chi connectivity index (χ0) is 11.6. The molecule has 0 aliphatic carbocycles. The van der Waals surface area contributed by atoms with Crippen LogP contribution < -0.4 is 0 Å². The van der Waals surface area contributed by atoms with Crippen molar-refractivity contribution in [3.05, 3.63) is 24.2 Å². The smallest absolute Gasteiger partial charge is 0.317 e. The van der Waals surface area contributed by atoms with E-state index in [9.17, 15) is 9.90 Å². The third-order valence-corrected chi connectivity index (χ3v) is 3.47. The van der Waals surface area contributed by atoms with Crippen LogP contribution in [0.15, 0.2) is 22.8 Å². The lowest BCUT2D eigenvalue weighted by Crippen LogP contribution is -2.36. The van der Waals surface area contributed by atoms with Gasteiger partial charge < -0.3 is 14.4 Å². The molecular weight excluding hydrogens is 206 g/mol. The average molecular weight is 223 g/mol. The lowest BCUT2D eigenvalue weighted by atomic mass is 9.78. The van der Waals surface area contributed by atoms with E-state index in [0.29, 0.717) is 18.6 Å². The van der Waals surface area contributed by atoms with Crippen molar-refractivity contribution in [2.24, 2.45) is 0 Å². The molecule has 0 radical (unpaired) electrons. The molecule has 2 rings (SSSR count). The second-order valence-corrected chi connectivity index (χ2v) is 4.52. The first kappa shape index (κ1) is 11.2. The fourth-order valence-corrected chi connectivity index (χ4v) is 2.39. The molecule has 1 saturated heterocycles. The van der Waals surface area contributed by atoms with E-state index in [0.717, 1.165) is 19.5 Å². The van der Waals surface area contributed by atoms with Crippen molar-refractivity contribution in [3.63, 3.8) is 0 Å². The minimum Gasteiger partial charge on any atom is -0.480 e. The summed E-state index contributed by atoms with van der Waals surface area (Å²) in [5, 5.41) is 9.49. The maximum atomic E-state index is 11.6. The van der Waals surface area contributed by atoms with E-state index in [1.54, 1.807) is 18.4 Å². The second kappa shape index (κ2) is 4.29. The van der Waals surface area contributed by atoms with E-state index in [1.165, 1.54) is 0 Å². The molecule has 1 aromatic heterocycles. The predicted octanol–water partition coefficient (Wildman–Crippen LogP) is 1.72. The Morgan fingerprint density at radius 2 is 2.31 bits per heavy atom. The summed E-state index contributed by atoms with van der Waals surface area (Å²) in [4.78, 5) is 13.7. The summed E-state index contributed by atoms with van der Waals surface area (Å²) in [5.41, 5.74) is -0.825. The van der Waals surface area contributed by atoms with Crippen molar-refractivity contribution >= 4 is 5.97 Å². The van der Waals surface area contributed by atoms with Crippen LogP contribution in [0.4, 0.5) is 0 Å². The Morgan fingerprint density at radius 3 is 2.94 bits per heavy atom. The van der Waals surface area contributed by atoms with Crippen LogP contribution in [0.2, 0.25) is 0 Å². The molecule has 0 saturated carbocycles. The number of hydrogen-bond donors (Lipinski definition) is 1. The van der Waals surface area contributed by atoms with E-state index in [2.05, 4.69) is 4.90 Å². The van der Waals surface area contributed by atoms with Gasteiger partial charge in [-0.3, -0.25) is 4.79 Å². The van der Waals surface area contributed by atoms with E-state index < -0.39 is 11.4 Å². The molecule has 2 heterocycles. The molecule has 1 aliphatic heterocycles. The Bertz CT molecular complexity index is 360. The standard InChI is InChI=1S/C12H17NO3/c1-13-7-3-5-12(6-8-13,11(14)15)10-4-2-9-16-10/h2,4,9H,3,5-8H2,1H3,(H,14,15). The molecule has 1 unspecified atom stereocenters. The van der Waals surface area contributed by atoms with Gasteiger partial charge in [-0.25, -0.2) is 0 Å². The largest absolute Gasteiger partial charge is 0.480 e. The summed E-state index contributed by atoms with van der Waals surface area (Å²) in [7, 11) is 2.03. The zero-order valence-electron chi connectivity index (χ0n) is 9.48. The van der Waals surface area contributed by atoms with E-state index in [4.69, 9.17) is 4.42 Å². The van der Waals surface area contributed by atoms with Crippen LogP contribution in [0, 0.1) is 0 Å². The number of rotatable bonds is 2. The van der Waals surface area contributed by atoms with Gasteiger partial charge in [0.1, 0.15) is 11.2 Å². The van der Waals surface area contributed by atoms with Gasteiger partial charge in [0.25, 0.3) is 0 Å². The molecule has 88 valence electrons. The van der Waals surface area contributed by atoms with E-state index in [1.807, 2.05) is 7.05 Å². The predicted molar refractivity (Wildman–Crippen MR) is 59.4 cm³/mol. The Kier molecular flexibility index (Phi) is 3.01. The molecule has 1 atom stereocenters. The molecule has 0 bridgehead atoms. The normalized spacial score (nSPS) is 27.6. The third-order valence-electron chi connectivity index (χ3n) is 3.47. The summed E-state index contributed by atoms with van der Waals surface area (Å²) in [6.07, 6.45) is 3.71. The topological polar surface area (TPSA) is 53.7 Å². The van der Waals surface area contributed by atoms with Crippen LogP contribution in [0.1, 0.15) is 25.0 Å². The Hall–Kier alpha value is -1.29. The highest BCUT2D eigenvalue weighted by molar-refractivity contribution is 5.80. The maximum absolute atomic E-state index is 11.6. The molecule has 0 spiro atoms. The van der Waals surface area contributed by atoms with Crippen LogP contribution in [-0.4, -0.2) is 36.1 Å². The van der Waals surface area contributed by atoms with Crippen molar-refractivity contribution in [3.8, 4) is 0 Å². The summed E-state index contributed by atoms with van der Waals surface area (Å²) in [6, 6.07) is 3.54. The molecule has 4 heteroatoms. The summed E-state index contributed by atoms with van der Waals surface area (Å²) in [5.74, 6) is -0.173. The van der Waals surface area contributed by atoms with Crippen molar-refractivity contribution in [1.29, 1.82) is 0 Å². The average Bonchev–Trinajstić information content (AvgIpc) is 2.70. The van der Waals surface area contributed by atoms with Gasteiger partial charge >= 0.3 is 5.97 Å². The molecule has 16 heavy (non-hydrogen) atoms. The second-order valence-electron chi connectivity index (χ2n) is 4.52. The van der Waals surface area contributed by atoms with Crippen LogP contribution in [0.25, 0.3) is 0 Å². The number of carboxylic acids is 1. The number of carboxylic acid groups (broad SMARTS) is 1. The van der Waals surface area contributed by atoms with Gasteiger partial charge in [0.05, 0.1) is 6.26 Å². The summed E-state index contributed by atoms with van der Waals surface area (Å²) < 4.78 is 5.33. The molecule has 1 fully saturated rings. The van der Waals surface area contributed by atoms with Crippen molar-refractivity contribution in [1.82, 2.24) is 4.90 Å². The number of likely N-dealkylation sites (tertiary alicyclic amines) is 1. The van der Waals surface area contributed by atoms with Gasteiger partial charge in [-0.05, 0) is 51.5 Å². The van der Waals surface area contributed by atoms with Crippen LogP contribution in [0.3, 0.4) is 0 Å². The maximum Gasteiger partial charge on any atom is 0.317 e. The quantitative estimate of drug-likeness (QED) is 0.829. The van der Waals surface area contributed by atoms with Gasteiger partial charge in [0.15, 0.2) is 0 Å². The first-order valence-electron chi connectivity index (χ1n) is 5.61. The van der Waals surface area contributed by atoms with Gasteiger partial charge in [0.2, 0.25) is 0 Å². The minimum absolute atomic E-state index is 0.593. The summed E-state index contributed by atoms with van der Waals surface area (Å²) in [6.45, 7) is 1.75. The van der Waals surface area contributed by atoms with Crippen molar-refractivity contribution in [2.75, 3.05) is 20.1 Å². The molecule has 1 aromatic rings. The molecule has 0 aromatic carbocycles. The van der Waals surface area contributed by atoms with Gasteiger partial charge in [-0.1, -0.05) is 0 Å². The first-order valence-corrected chi connectivity index (χ1v) is 5.61. The Balaban J connectivity index is 2.32. The SMILES string of the molecule is CN1CCCC(C(=O)O)(c2ccco2)CC1. The Morgan fingerprint density at radius 1 is 1.50 bits per heavy atom. The fraction of sp³-hybridized carbons (Fsp3) is 0.583. The first-order chi connectivity index (χ1) is 7.65. The van der Waals surface area contributed by atoms with Crippen molar-refractivity contribution in [2.45, 2.75) is 24.7 Å². The lowest BCUT2D eigenvalue weighted by Gasteiger charge is -2.25. The van der Waals surface area contributed by atoms with Gasteiger partial charge in [0, 0.05) is 0 Å². The van der Waals surface area contributed by atoms with Crippen LogP contribution in [-0.2, 0) is 10.2 Å². The molecule has 0 amide bonds. The highest BCUT2D eigenvalue weighted by atomic mass is 16.4. The van der Waals surface area contributed by atoms with Gasteiger partial charge in [-0.2, -0.15) is 0 Å². The van der Waals surface area contributed by atoms with E-state index >= 15 is 0 Å². The minimum atomic E-state index is -0.825. The highest BCUT2D eigenvalue weighted by Crippen LogP contribution is 2.35. The zero-order valence-corrected chi connectivity index (χ0v) is 9.48. The van der Waals surface area contributed by atoms with Gasteiger partial charge in [-0.15, -0.1) is 0 Å². The number of hydrogen-bond acceptors (Lipinski definition) is 3. The highest BCUT2D eigenvalue weighted by Gasteiger charge is 2.43. The third kappa shape index (κ3) is 1.85. The molecule has 1 N–H and O–H groups in total. The van der Waals surface area contributed by atoms with E-state index in [-0.39, 0.29) is 0 Å². The molecule has 1 aliphatic rings. The number of nitrogens with zero attached hydrogens (tertiary/aromatic N) is 1. The molecular formula is C12H17NO3. The number of aliphatic carboxylic acids is 1. The van der Waals surface area contributed by atoms with Crippen LogP contribution in [0.5, 0.6) is 0 Å². The number of carbonyl (C=O) groups is 1. The fourth-order valence-electron chi connectivity index (χ4n) is 2.39. The van der Waals surface area contributed by atoms with Crippen molar-refractivity contribution < 1.29 is 14.3 Å². The Labute approximate surface area is 94.9 Å². The van der Waals surface area contributed by atoms with Crippen LogP contribution >= 0.6 is 0 Å². The monoisotopic (exact) mass is 223 g/mol.